The minimum absolute atomic E-state index is 0.171. The van der Waals surface area contributed by atoms with Gasteiger partial charge in [0.15, 0.2) is 0 Å². The lowest BCUT2D eigenvalue weighted by molar-refractivity contribution is -0.158. The molecule has 0 spiro atoms. The first-order valence-corrected chi connectivity index (χ1v) is 4.89. The van der Waals surface area contributed by atoms with E-state index in [-0.39, 0.29) is 16.8 Å². The van der Waals surface area contributed by atoms with Crippen LogP contribution in [-0.2, 0) is 14.3 Å². The summed E-state index contributed by atoms with van der Waals surface area (Å²) in [6.45, 7) is 3.15. The molecule has 1 N–H and O–H groups in total. The van der Waals surface area contributed by atoms with Gasteiger partial charge in [-0.1, -0.05) is 22.6 Å². The summed E-state index contributed by atoms with van der Waals surface area (Å²) < 4.78 is 5.11. The first kappa shape index (κ1) is 11.7. The van der Waals surface area contributed by atoms with E-state index < -0.39 is 11.6 Å². The molecule has 0 saturated carbocycles. The zero-order chi connectivity index (χ0) is 9.78. The Morgan fingerprint density at radius 3 is 2.33 bits per heavy atom. The monoisotopic (exact) mass is 286 g/mol. The van der Waals surface area contributed by atoms with Gasteiger partial charge in [-0.3, -0.25) is 9.59 Å². The molecule has 5 heteroatoms. The Hall–Kier alpha value is -0.330. The van der Waals surface area contributed by atoms with Gasteiger partial charge in [-0.15, -0.1) is 0 Å². The van der Waals surface area contributed by atoms with E-state index in [0.717, 1.165) is 0 Å². The molecule has 0 aliphatic carbocycles. The third-order valence-corrected chi connectivity index (χ3v) is 1.70. The molecule has 0 fully saturated rings. The van der Waals surface area contributed by atoms with Crippen molar-refractivity contribution in [1.29, 1.82) is 0 Å². The Kier molecular flexibility index (Phi) is 4.51. The lowest BCUT2D eigenvalue weighted by Crippen LogP contribution is -2.31. The van der Waals surface area contributed by atoms with E-state index in [0.29, 0.717) is 0 Å². The SMILES string of the molecule is CC(C)(CC(=O)O)OC(=O)CI. The largest absolute Gasteiger partial charge is 0.481 e. The second-order valence-corrected chi connectivity index (χ2v) is 3.70. The third-order valence-electron chi connectivity index (χ3n) is 1.08. The zero-order valence-corrected chi connectivity index (χ0v) is 9.12. The Bertz CT molecular complexity index is 188. The van der Waals surface area contributed by atoms with Gasteiger partial charge >= 0.3 is 11.9 Å². The van der Waals surface area contributed by atoms with Crippen LogP contribution in [0, 0.1) is 0 Å². The summed E-state index contributed by atoms with van der Waals surface area (Å²) in [6.07, 6.45) is -0.171. The summed E-state index contributed by atoms with van der Waals surface area (Å²) in [5.74, 6) is -1.36. The lowest BCUT2D eigenvalue weighted by atomic mass is 10.1. The number of esters is 1. The molecule has 0 aromatic carbocycles. The number of alkyl halides is 1. The van der Waals surface area contributed by atoms with Gasteiger partial charge in [0.2, 0.25) is 0 Å². The van der Waals surface area contributed by atoms with E-state index in [1.54, 1.807) is 13.8 Å². The van der Waals surface area contributed by atoms with E-state index >= 15 is 0 Å². The number of ether oxygens (including phenoxy) is 1. The summed E-state index contributed by atoms with van der Waals surface area (Å²) in [4.78, 5) is 21.1. The van der Waals surface area contributed by atoms with Crippen molar-refractivity contribution in [2.24, 2.45) is 0 Å². The maximum Gasteiger partial charge on any atom is 0.316 e. The number of hydrogen-bond acceptors (Lipinski definition) is 3. The molecule has 0 unspecified atom stereocenters. The molecule has 0 saturated heterocycles. The predicted molar refractivity (Wildman–Crippen MR) is 51.3 cm³/mol. The van der Waals surface area contributed by atoms with Crippen molar-refractivity contribution in [3.63, 3.8) is 0 Å². The molecule has 0 aromatic rings. The number of carboxylic acids is 1. The van der Waals surface area contributed by atoms with E-state index in [4.69, 9.17) is 9.84 Å². The van der Waals surface area contributed by atoms with Crippen molar-refractivity contribution in [2.75, 3.05) is 4.43 Å². The highest BCUT2D eigenvalue weighted by Crippen LogP contribution is 2.14. The molecular weight excluding hydrogens is 275 g/mol. The fraction of sp³-hybridized carbons (Fsp3) is 0.714. The van der Waals surface area contributed by atoms with Gasteiger partial charge in [0, 0.05) is 0 Å². The summed E-state index contributed by atoms with van der Waals surface area (Å²) in [7, 11) is 0. The maximum atomic E-state index is 10.8. The van der Waals surface area contributed by atoms with Gasteiger partial charge < -0.3 is 9.84 Å². The van der Waals surface area contributed by atoms with Gasteiger partial charge in [-0.05, 0) is 13.8 Å². The third kappa shape index (κ3) is 5.34. The molecule has 0 rings (SSSR count). The molecule has 0 bridgehead atoms. The fourth-order valence-electron chi connectivity index (χ4n) is 0.736. The minimum atomic E-state index is -0.971. The summed E-state index contributed by atoms with van der Waals surface area (Å²) in [6, 6.07) is 0. The van der Waals surface area contributed by atoms with Crippen molar-refractivity contribution >= 4 is 34.5 Å². The van der Waals surface area contributed by atoms with Crippen molar-refractivity contribution in [1.82, 2.24) is 0 Å². The van der Waals surface area contributed by atoms with Crippen LogP contribution in [0.2, 0.25) is 0 Å². The molecule has 12 heavy (non-hydrogen) atoms. The minimum Gasteiger partial charge on any atom is -0.481 e. The topological polar surface area (TPSA) is 63.6 Å². The number of carbonyl (C=O) groups is 2. The summed E-state index contributed by atoms with van der Waals surface area (Å²) in [5, 5.41) is 8.44. The van der Waals surface area contributed by atoms with Gasteiger partial charge in [-0.25, -0.2) is 0 Å². The quantitative estimate of drug-likeness (QED) is 0.479. The second-order valence-electron chi connectivity index (χ2n) is 2.94. The number of halogens is 1. The molecule has 0 aliphatic rings. The number of rotatable bonds is 4. The summed E-state index contributed by atoms with van der Waals surface area (Å²) >= 11 is 1.87. The van der Waals surface area contributed by atoms with Crippen LogP contribution in [0.3, 0.4) is 0 Å². The molecule has 0 atom stereocenters. The van der Waals surface area contributed by atoms with Crippen molar-refractivity contribution in [3.05, 3.63) is 0 Å². The first-order valence-electron chi connectivity index (χ1n) is 3.37. The van der Waals surface area contributed by atoms with Crippen LogP contribution in [0.5, 0.6) is 0 Å². The van der Waals surface area contributed by atoms with E-state index in [1.165, 1.54) is 0 Å². The van der Waals surface area contributed by atoms with E-state index in [2.05, 4.69) is 0 Å². The van der Waals surface area contributed by atoms with Crippen LogP contribution in [0.4, 0.5) is 0 Å². The van der Waals surface area contributed by atoms with Crippen LogP contribution in [0.25, 0.3) is 0 Å². The van der Waals surface area contributed by atoms with Crippen molar-refractivity contribution < 1.29 is 19.4 Å². The number of aliphatic carboxylic acids is 1. The normalized spacial score (nSPS) is 10.9. The van der Waals surface area contributed by atoms with Gasteiger partial charge in [0.25, 0.3) is 0 Å². The number of hydrogen-bond donors (Lipinski definition) is 1. The zero-order valence-electron chi connectivity index (χ0n) is 6.96. The van der Waals surface area contributed by atoms with Crippen LogP contribution in [0.1, 0.15) is 20.3 Å². The first-order chi connectivity index (χ1) is 5.37. The van der Waals surface area contributed by atoms with Gasteiger partial charge in [0.1, 0.15) is 5.60 Å². The Morgan fingerprint density at radius 2 is 2.00 bits per heavy atom. The standard InChI is InChI=1S/C7H11IO4/c1-7(2,3-5(9)10)12-6(11)4-8/h3-4H2,1-2H3,(H,9,10). The van der Waals surface area contributed by atoms with Crippen molar-refractivity contribution in [3.8, 4) is 0 Å². The van der Waals surface area contributed by atoms with Gasteiger partial charge in [0.05, 0.1) is 10.8 Å². The highest BCUT2D eigenvalue weighted by Gasteiger charge is 2.25. The highest BCUT2D eigenvalue weighted by molar-refractivity contribution is 14.1. The molecule has 0 amide bonds. The molecule has 0 radical (unpaired) electrons. The van der Waals surface area contributed by atoms with E-state index in [1.807, 2.05) is 22.6 Å². The number of carbonyl (C=O) groups excluding carboxylic acids is 1. The smallest absolute Gasteiger partial charge is 0.316 e. The van der Waals surface area contributed by atoms with Crippen LogP contribution in [0.15, 0.2) is 0 Å². The van der Waals surface area contributed by atoms with Crippen LogP contribution in [-0.4, -0.2) is 27.1 Å². The average molecular weight is 286 g/mol. The Labute approximate surface area is 84.4 Å². The highest BCUT2D eigenvalue weighted by atomic mass is 127. The molecule has 0 aliphatic heterocycles. The molecule has 4 nitrogen and oxygen atoms in total. The molecule has 0 heterocycles. The second kappa shape index (κ2) is 4.64. The Morgan fingerprint density at radius 1 is 1.50 bits per heavy atom. The molecule has 0 aromatic heterocycles. The Balaban J connectivity index is 4.03. The average Bonchev–Trinajstić information content (AvgIpc) is 1.83. The summed E-state index contributed by atoms with van der Waals surface area (Å²) in [5.41, 5.74) is -0.909. The van der Waals surface area contributed by atoms with Crippen LogP contribution < -0.4 is 0 Å². The van der Waals surface area contributed by atoms with E-state index in [9.17, 15) is 9.59 Å². The van der Waals surface area contributed by atoms with Gasteiger partial charge in [-0.2, -0.15) is 0 Å². The fourth-order valence-corrected chi connectivity index (χ4v) is 0.891. The predicted octanol–water partition coefficient (Wildman–Crippen LogP) is 1.22. The lowest BCUT2D eigenvalue weighted by Gasteiger charge is -2.22. The maximum absolute atomic E-state index is 10.8. The molecule has 70 valence electrons. The van der Waals surface area contributed by atoms with Crippen molar-refractivity contribution in [2.45, 2.75) is 25.9 Å². The molecular formula is C7H11IO4. The van der Waals surface area contributed by atoms with Crippen LogP contribution >= 0.6 is 22.6 Å². The number of carboxylic acid groups (broad SMARTS) is 1.